The second-order valence-electron chi connectivity index (χ2n) is 6.15. The van der Waals surface area contributed by atoms with Gasteiger partial charge < -0.3 is 0 Å². The minimum atomic E-state index is -4.06. The molecule has 0 saturated carbocycles. The summed E-state index contributed by atoms with van der Waals surface area (Å²) in [5, 5.41) is 0. The van der Waals surface area contributed by atoms with Gasteiger partial charge in [0, 0.05) is 0 Å². The molecule has 2 aliphatic heterocycles. The number of rotatable bonds is 3. The molecular formula is C18H12IN2O6S-. The number of halogens is 1. The fourth-order valence-electron chi connectivity index (χ4n) is 3.15. The summed E-state index contributed by atoms with van der Waals surface area (Å²) in [6, 6.07) is 7.51. The van der Waals surface area contributed by atoms with Gasteiger partial charge in [-0.05, 0) is 0 Å². The van der Waals surface area contributed by atoms with E-state index >= 15 is 0 Å². The van der Waals surface area contributed by atoms with E-state index in [9.17, 15) is 27.6 Å². The van der Waals surface area contributed by atoms with Crippen LogP contribution in [0.4, 0.5) is 0 Å². The summed E-state index contributed by atoms with van der Waals surface area (Å²) < 4.78 is 27.2. The van der Waals surface area contributed by atoms with Gasteiger partial charge in [0.15, 0.2) is 0 Å². The average Bonchev–Trinajstić information content (AvgIpc) is 3.06. The molecule has 144 valence electrons. The third kappa shape index (κ3) is 2.44. The first-order chi connectivity index (χ1) is 13.2. The summed E-state index contributed by atoms with van der Waals surface area (Å²) in [6.45, 7) is 0. The topological polar surface area (TPSA) is 109 Å². The van der Waals surface area contributed by atoms with E-state index in [2.05, 4.69) is 0 Å². The zero-order chi connectivity index (χ0) is 20.4. The summed E-state index contributed by atoms with van der Waals surface area (Å²) in [7, 11) is -2.74. The minimum absolute atomic E-state index is 0.0166. The van der Waals surface area contributed by atoms with E-state index in [1.165, 1.54) is 43.4 Å². The quantitative estimate of drug-likeness (QED) is 0.204. The molecule has 2 aromatic carbocycles. The number of imide groups is 2. The number of carbonyl (C=O) groups is 4. The van der Waals surface area contributed by atoms with Gasteiger partial charge in [-0.2, -0.15) is 0 Å². The number of hydrogen-bond acceptors (Lipinski definition) is 6. The molecule has 4 amide bonds. The van der Waals surface area contributed by atoms with Crippen molar-refractivity contribution in [3.8, 4) is 0 Å². The first kappa shape index (κ1) is 18.7. The summed E-state index contributed by atoms with van der Waals surface area (Å²) in [5.74, 6) is -1.98. The van der Waals surface area contributed by atoms with Gasteiger partial charge in [0.1, 0.15) is 0 Å². The van der Waals surface area contributed by atoms with Crippen LogP contribution in [0.15, 0.2) is 46.2 Å². The van der Waals surface area contributed by atoms with E-state index in [0.29, 0.717) is 0 Å². The van der Waals surface area contributed by atoms with Crippen molar-refractivity contribution in [3.63, 3.8) is 0 Å². The molecule has 8 nitrogen and oxygen atoms in total. The van der Waals surface area contributed by atoms with E-state index in [-0.39, 0.29) is 32.0 Å². The number of hydrogen-bond donors (Lipinski definition) is 0. The van der Waals surface area contributed by atoms with Crippen molar-refractivity contribution in [1.29, 1.82) is 0 Å². The predicted molar refractivity (Wildman–Crippen MR) is 91.2 cm³/mol. The van der Waals surface area contributed by atoms with Crippen molar-refractivity contribution in [1.82, 2.24) is 8.01 Å². The number of nitrogens with zero attached hydrogens (tertiary/aromatic N) is 2. The zero-order valence-corrected chi connectivity index (χ0v) is 17.6. The Morgan fingerprint density at radius 1 is 0.714 bits per heavy atom. The summed E-state index contributed by atoms with van der Waals surface area (Å²) >= 11 is -0.815. The van der Waals surface area contributed by atoms with E-state index < -0.39 is 54.9 Å². The number of fused-ring (bicyclic) bond motifs is 2. The first-order valence-electron chi connectivity index (χ1n) is 7.92. The Labute approximate surface area is 170 Å². The molecule has 2 aliphatic rings. The molecular weight excluding hydrogens is 499 g/mol. The van der Waals surface area contributed by atoms with Crippen molar-refractivity contribution in [3.05, 3.63) is 58.7 Å². The van der Waals surface area contributed by atoms with Crippen LogP contribution < -0.4 is 21.5 Å². The Kier molecular flexibility index (Phi) is 4.16. The predicted octanol–water partition coefficient (Wildman–Crippen LogP) is -2.02. The number of benzene rings is 2. The number of amides is 4. The molecule has 0 unspecified atom stereocenters. The van der Waals surface area contributed by atoms with Crippen LogP contribution in [-0.4, -0.2) is 52.0 Å². The second kappa shape index (κ2) is 6.21. The van der Waals surface area contributed by atoms with E-state index in [1.807, 2.05) is 0 Å². The van der Waals surface area contributed by atoms with Gasteiger partial charge in [0.25, 0.3) is 0 Å². The van der Waals surface area contributed by atoms with Crippen molar-refractivity contribution in [2.24, 2.45) is 0 Å². The van der Waals surface area contributed by atoms with E-state index in [0.717, 1.165) is 8.01 Å². The third-order valence-electron chi connectivity index (χ3n) is 4.66. The number of sulfone groups is 1. The molecule has 0 atom stereocenters. The molecule has 0 aliphatic carbocycles. The maximum atomic E-state index is 13.0. The van der Waals surface area contributed by atoms with Crippen molar-refractivity contribution >= 4 is 33.5 Å². The van der Waals surface area contributed by atoms with E-state index in [4.69, 9.17) is 0 Å². The average molecular weight is 511 g/mol. The molecule has 0 bridgehead atoms. The van der Waals surface area contributed by atoms with Gasteiger partial charge in [-0.1, -0.05) is 0 Å². The van der Waals surface area contributed by atoms with Gasteiger partial charge in [0.05, 0.1) is 0 Å². The maximum absolute atomic E-state index is 13.0. The van der Waals surface area contributed by atoms with Crippen molar-refractivity contribution in [2.45, 2.75) is 9.79 Å². The monoisotopic (exact) mass is 511 g/mol. The second-order valence-corrected chi connectivity index (χ2v) is 10.0. The number of alkyl halides is 1. The molecule has 0 spiro atoms. The Morgan fingerprint density at radius 2 is 1.14 bits per heavy atom. The van der Waals surface area contributed by atoms with E-state index in [1.54, 1.807) is 4.93 Å². The molecule has 0 radical (unpaired) electrons. The summed E-state index contributed by atoms with van der Waals surface area (Å²) in [4.78, 5) is 51.1. The van der Waals surface area contributed by atoms with Gasteiger partial charge in [0.2, 0.25) is 0 Å². The third-order valence-corrected chi connectivity index (χ3v) is 8.25. The standard InChI is InChI=1S/C18H12IN2O6S/c1-19-21-17(24)12-6-4-10(8-14(12)18(21)25)28(26,27)9-3-5-11-13(7-9)16(23)20(2)15(11)22/h3-8H,1-2H3/q-1. The van der Waals surface area contributed by atoms with Gasteiger partial charge in [-0.25, -0.2) is 0 Å². The molecule has 0 aromatic heterocycles. The fourth-order valence-corrected chi connectivity index (χ4v) is 5.86. The normalized spacial score (nSPS) is 16.2. The van der Waals surface area contributed by atoms with Crippen LogP contribution in [0.1, 0.15) is 41.4 Å². The SMILES string of the molecule is C[I-]N1C(=O)c2ccc(S(=O)(=O)c3ccc4c(c3)C(=O)N(C)C4=O)cc2C1=O. The van der Waals surface area contributed by atoms with Crippen molar-refractivity contribution < 1.29 is 49.1 Å². The molecule has 28 heavy (non-hydrogen) atoms. The first-order valence-corrected chi connectivity index (χ1v) is 12.5. The molecule has 2 heterocycles. The van der Waals surface area contributed by atoms with Crippen LogP contribution in [0.5, 0.6) is 0 Å². The van der Waals surface area contributed by atoms with Gasteiger partial charge >= 0.3 is 171 Å². The van der Waals surface area contributed by atoms with Crippen LogP contribution in [0.25, 0.3) is 0 Å². The Balaban J connectivity index is 1.81. The Bertz CT molecular complexity index is 1220. The summed E-state index contributed by atoms with van der Waals surface area (Å²) in [6.07, 6.45) is 0. The van der Waals surface area contributed by atoms with Gasteiger partial charge in [-0.15, -0.1) is 0 Å². The van der Waals surface area contributed by atoms with Gasteiger partial charge in [-0.3, -0.25) is 0 Å². The molecule has 0 saturated heterocycles. The van der Waals surface area contributed by atoms with Crippen LogP contribution in [0.2, 0.25) is 0 Å². The molecule has 4 rings (SSSR count). The molecule has 0 fully saturated rings. The Morgan fingerprint density at radius 3 is 1.68 bits per heavy atom. The van der Waals surface area contributed by atoms with Crippen LogP contribution in [0, 0.1) is 0 Å². The Hall–Kier alpha value is -2.60. The fraction of sp³-hybridized carbons (Fsp3) is 0.111. The van der Waals surface area contributed by atoms with Crippen LogP contribution in [-0.2, 0) is 9.84 Å². The molecule has 2 aromatic rings. The van der Waals surface area contributed by atoms with Crippen molar-refractivity contribution in [2.75, 3.05) is 12.0 Å². The molecule has 0 N–H and O–H groups in total. The van der Waals surface area contributed by atoms with Crippen LogP contribution in [0.3, 0.4) is 0 Å². The number of carbonyl (C=O) groups excluding carboxylic acids is 4. The summed E-state index contributed by atoms with van der Waals surface area (Å²) in [5.41, 5.74) is 0.396. The van der Waals surface area contributed by atoms with Crippen LogP contribution >= 0.6 is 0 Å². The zero-order valence-electron chi connectivity index (χ0n) is 14.6. The molecule has 10 heteroatoms.